The largest absolute Gasteiger partial charge is 0.478 e. The molecule has 1 saturated heterocycles. The fraction of sp³-hybridized carbons (Fsp3) is 0.579. The highest BCUT2D eigenvalue weighted by Gasteiger charge is 2.36. The first kappa shape index (κ1) is 21.4. The van der Waals surface area contributed by atoms with Crippen molar-refractivity contribution in [3.8, 4) is 0 Å². The zero-order valence-corrected chi connectivity index (χ0v) is 17.1. The summed E-state index contributed by atoms with van der Waals surface area (Å²) in [5, 5.41) is 9.33. The summed E-state index contributed by atoms with van der Waals surface area (Å²) in [4.78, 5) is 23.0. The number of primary amides is 1. The van der Waals surface area contributed by atoms with Crippen molar-refractivity contribution >= 4 is 21.9 Å². The number of aromatic carboxylic acids is 1. The van der Waals surface area contributed by atoms with Gasteiger partial charge in [0.2, 0.25) is 15.9 Å². The smallest absolute Gasteiger partial charge is 0.335 e. The van der Waals surface area contributed by atoms with E-state index in [1.807, 2.05) is 0 Å². The molecule has 1 atom stereocenters. The maximum absolute atomic E-state index is 13.2. The summed E-state index contributed by atoms with van der Waals surface area (Å²) in [7, 11) is -3.82. The van der Waals surface area contributed by atoms with Crippen molar-refractivity contribution in [2.45, 2.75) is 51.9 Å². The van der Waals surface area contributed by atoms with Gasteiger partial charge in [-0.3, -0.25) is 4.79 Å². The number of sulfonamides is 1. The molecule has 1 aliphatic heterocycles. The molecule has 2 rings (SSSR count). The number of carbonyl (C=O) groups excluding carboxylic acids is 1. The highest BCUT2D eigenvalue weighted by molar-refractivity contribution is 7.89. The number of carboxylic acids is 1. The molecule has 0 aliphatic carbocycles. The minimum absolute atomic E-state index is 0.0115. The summed E-state index contributed by atoms with van der Waals surface area (Å²) in [6, 6.07) is 2.84. The first-order valence-electron chi connectivity index (χ1n) is 9.01. The fourth-order valence-corrected chi connectivity index (χ4v) is 5.50. The first-order valence-corrected chi connectivity index (χ1v) is 10.4. The Hall–Kier alpha value is -1.93. The van der Waals surface area contributed by atoms with Gasteiger partial charge in [0, 0.05) is 18.5 Å². The van der Waals surface area contributed by atoms with Crippen LogP contribution in [0.5, 0.6) is 0 Å². The van der Waals surface area contributed by atoms with E-state index in [0.29, 0.717) is 37.1 Å². The molecule has 1 heterocycles. The molecule has 1 aromatic carbocycles. The number of hydrogen-bond donors (Lipinski definition) is 2. The van der Waals surface area contributed by atoms with Crippen molar-refractivity contribution in [3.63, 3.8) is 0 Å². The van der Waals surface area contributed by atoms with Crippen LogP contribution in [0.25, 0.3) is 0 Å². The summed E-state index contributed by atoms with van der Waals surface area (Å²) in [5.74, 6) is -1.52. The van der Waals surface area contributed by atoms with E-state index in [1.54, 1.807) is 33.8 Å². The van der Waals surface area contributed by atoms with Crippen molar-refractivity contribution in [1.29, 1.82) is 0 Å². The molecular weight excluding hydrogens is 368 g/mol. The van der Waals surface area contributed by atoms with Crippen LogP contribution in [0.15, 0.2) is 17.0 Å². The van der Waals surface area contributed by atoms with Crippen molar-refractivity contribution in [1.82, 2.24) is 4.31 Å². The monoisotopic (exact) mass is 396 g/mol. The van der Waals surface area contributed by atoms with Crippen LogP contribution in [-0.4, -0.2) is 42.8 Å². The van der Waals surface area contributed by atoms with E-state index >= 15 is 0 Å². The van der Waals surface area contributed by atoms with Crippen molar-refractivity contribution < 1.29 is 23.1 Å². The van der Waals surface area contributed by atoms with Gasteiger partial charge in [0.1, 0.15) is 0 Å². The number of nitrogens with zero attached hydrogens (tertiary/aromatic N) is 1. The van der Waals surface area contributed by atoms with E-state index in [-0.39, 0.29) is 16.4 Å². The number of carboxylic acid groups (broad SMARTS) is 1. The zero-order chi connectivity index (χ0) is 20.6. The second-order valence-electron chi connectivity index (χ2n) is 8.06. The maximum Gasteiger partial charge on any atom is 0.335 e. The van der Waals surface area contributed by atoms with Gasteiger partial charge in [0.05, 0.1) is 10.5 Å². The Morgan fingerprint density at radius 2 is 1.89 bits per heavy atom. The summed E-state index contributed by atoms with van der Waals surface area (Å²) < 4.78 is 27.8. The molecule has 1 aromatic rings. The van der Waals surface area contributed by atoms with Gasteiger partial charge < -0.3 is 10.8 Å². The van der Waals surface area contributed by atoms with Gasteiger partial charge in [-0.1, -0.05) is 19.9 Å². The Kier molecular flexibility index (Phi) is 6.01. The molecule has 0 radical (unpaired) electrons. The molecule has 0 aromatic heterocycles. The average Bonchev–Trinajstić information content (AvgIpc) is 2.53. The van der Waals surface area contributed by atoms with Crippen LogP contribution in [0.4, 0.5) is 0 Å². The van der Waals surface area contributed by atoms with E-state index in [4.69, 9.17) is 5.73 Å². The van der Waals surface area contributed by atoms with Crippen molar-refractivity contribution in [3.05, 3.63) is 28.8 Å². The Bertz CT molecular complexity index is 861. The van der Waals surface area contributed by atoms with Crippen LogP contribution in [0.3, 0.4) is 0 Å². The fourth-order valence-electron chi connectivity index (χ4n) is 3.71. The van der Waals surface area contributed by atoms with Gasteiger partial charge in [-0.05, 0) is 56.2 Å². The standard InChI is InChI=1S/C19H28N2O5S/c1-12-8-13(2)16(9-15(12)17(22)23)27(25,26)21-7-5-6-14(11-21)10-19(3,4)18(20)24/h8-9,14H,5-7,10-11H2,1-4H3,(H2,20,24)(H,22,23). The van der Waals surface area contributed by atoms with Gasteiger partial charge in [-0.25, -0.2) is 13.2 Å². The van der Waals surface area contributed by atoms with Gasteiger partial charge in [0.15, 0.2) is 0 Å². The summed E-state index contributed by atoms with van der Waals surface area (Å²) in [6.07, 6.45) is 2.03. The molecule has 0 saturated carbocycles. The first-order chi connectivity index (χ1) is 12.4. The predicted molar refractivity (Wildman–Crippen MR) is 102 cm³/mol. The lowest BCUT2D eigenvalue weighted by atomic mass is 9.79. The minimum Gasteiger partial charge on any atom is -0.478 e. The number of piperidine rings is 1. The highest BCUT2D eigenvalue weighted by Crippen LogP contribution is 2.33. The lowest BCUT2D eigenvalue weighted by molar-refractivity contribution is -0.127. The molecule has 27 heavy (non-hydrogen) atoms. The number of amides is 1. The van der Waals surface area contributed by atoms with Crippen molar-refractivity contribution in [2.24, 2.45) is 17.1 Å². The molecule has 1 unspecified atom stereocenters. The summed E-state index contributed by atoms with van der Waals surface area (Å²) in [6.45, 7) is 7.54. The van der Waals surface area contributed by atoms with Crippen LogP contribution in [-0.2, 0) is 14.8 Å². The quantitative estimate of drug-likeness (QED) is 0.765. The van der Waals surface area contributed by atoms with E-state index in [2.05, 4.69) is 0 Å². The normalized spacial score (nSPS) is 19.0. The summed E-state index contributed by atoms with van der Waals surface area (Å²) >= 11 is 0. The molecule has 0 spiro atoms. The number of hydrogen-bond acceptors (Lipinski definition) is 4. The highest BCUT2D eigenvalue weighted by atomic mass is 32.2. The number of aryl methyl sites for hydroxylation is 2. The predicted octanol–water partition coefficient (Wildman–Crippen LogP) is 2.30. The third-order valence-corrected chi connectivity index (χ3v) is 7.33. The topological polar surface area (TPSA) is 118 Å². The molecule has 3 N–H and O–H groups in total. The maximum atomic E-state index is 13.2. The second kappa shape index (κ2) is 7.59. The molecule has 1 fully saturated rings. The van der Waals surface area contributed by atoms with Crippen molar-refractivity contribution in [2.75, 3.05) is 13.1 Å². The van der Waals surface area contributed by atoms with E-state index in [1.165, 1.54) is 10.4 Å². The van der Waals surface area contributed by atoms with Gasteiger partial charge in [-0.2, -0.15) is 4.31 Å². The average molecular weight is 397 g/mol. The molecule has 150 valence electrons. The van der Waals surface area contributed by atoms with Gasteiger partial charge >= 0.3 is 5.97 Å². The van der Waals surface area contributed by atoms with Gasteiger partial charge in [-0.15, -0.1) is 0 Å². The minimum atomic E-state index is -3.82. The number of nitrogens with two attached hydrogens (primary N) is 1. The molecule has 8 heteroatoms. The molecule has 1 amide bonds. The molecule has 7 nitrogen and oxygen atoms in total. The van der Waals surface area contributed by atoms with Crippen LogP contribution in [0, 0.1) is 25.2 Å². The van der Waals surface area contributed by atoms with E-state index < -0.39 is 27.3 Å². The van der Waals surface area contributed by atoms with Crippen LogP contribution >= 0.6 is 0 Å². The third-order valence-electron chi connectivity index (χ3n) is 5.32. The Balaban J connectivity index is 2.33. The van der Waals surface area contributed by atoms with Crippen LogP contribution < -0.4 is 5.73 Å². The van der Waals surface area contributed by atoms with E-state index in [9.17, 15) is 23.1 Å². The number of rotatable bonds is 6. The number of carbonyl (C=O) groups is 2. The Morgan fingerprint density at radius 3 is 2.44 bits per heavy atom. The third kappa shape index (κ3) is 4.50. The Morgan fingerprint density at radius 1 is 1.26 bits per heavy atom. The molecular formula is C19H28N2O5S. The van der Waals surface area contributed by atoms with Crippen LogP contribution in [0.1, 0.15) is 54.6 Å². The number of benzene rings is 1. The lowest BCUT2D eigenvalue weighted by Crippen LogP contribution is -2.43. The SMILES string of the molecule is Cc1cc(C)c(S(=O)(=O)N2CCCC(CC(C)(C)C(N)=O)C2)cc1C(=O)O. The summed E-state index contributed by atoms with van der Waals surface area (Å²) in [5.41, 5.74) is 5.79. The zero-order valence-electron chi connectivity index (χ0n) is 16.3. The lowest BCUT2D eigenvalue weighted by Gasteiger charge is -2.35. The van der Waals surface area contributed by atoms with E-state index in [0.717, 1.165) is 6.42 Å². The van der Waals surface area contributed by atoms with Crippen LogP contribution in [0.2, 0.25) is 0 Å². The Labute approximate surface area is 160 Å². The second-order valence-corrected chi connectivity index (χ2v) is 9.97. The molecule has 0 bridgehead atoms. The molecule has 1 aliphatic rings. The van der Waals surface area contributed by atoms with Gasteiger partial charge in [0.25, 0.3) is 0 Å².